The van der Waals surface area contributed by atoms with E-state index in [9.17, 15) is 19.8 Å². The standard InChI is InChI=1S/C14H13N3O4S/c1-6(18)11-8-2-7(12(14(20)21)17(8)13(11)19)9-4-16-5-15-3-10(16)22-9/h3-6,8,11,18H,2H2,1H3,(H,20,21)/t6-,8-,11-/m1/s1. The molecule has 8 heteroatoms. The molecule has 0 aliphatic carbocycles. The lowest BCUT2D eigenvalue weighted by molar-refractivity contribution is -0.161. The molecule has 0 unspecified atom stereocenters. The Morgan fingerprint density at radius 2 is 2.32 bits per heavy atom. The highest BCUT2D eigenvalue weighted by atomic mass is 32.1. The minimum absolute atomic E-state index is 0.0457. The molecule has 1 fully saturated rings. The van der Waals surface area contributed by atoms with Crippen molar-refractivity contribution in [2.24, 2.45) is 5.92 Å². The van der Waals surface area contributed by atoms with Crippen molar-refractivity contribution < 1.29 is 19.8 Å². The number of fused-ring (bicyclic) bond motifs is 2. The fourth-order valence-corrected chi connectivity index (χ4v) is 4.38. The maximum Gasteiger partial charge on any atom is 0.352 e. The third kappa shape index (κ3) is 1.62. The molecule has 0 saturated carbocycles. The van der Waals surface area contributed by atoms with Crippen molar-refractivity contribution in [1.29, 1.82) is 0 Å². The summed E-state index contributed by atoms with van der Waals surface area (Å²) in [5.74, 6) is -1.93. The maximum absolute atomic E-state index is 12.2. The number of rotatable bonds is 3. The molecule has 0 spiro atoms. The van der Waals surface area contributed by atoms with Crippen LogP contribution in [0.4, 0.5) is 0 Å². The molecule has 0 aromatic carbocycles. The summed E-state index contributed by atoms with van der Waals surface area (Å²) in [5.41, 5.74) is 0.701. The highest BCUT2D eigenvalue weighted by Crippen LogP contribution is 2.48. The number of carbonyl (C=O) groups excluding carboxylic acids is 1. The van der Waals surface area contributed by atoms with E-state index in [1.54, 1.807) is 19.4 Å². The van der Waals surface area contributed by atoms with Crippen LogP contribution in [0, 0.1) is 5.92 Å². The van der Waals surface area contributed by atoms with Crippen LogP contribution in [0.15, 0.2) is 24.4 Å². The summed E-state index contributed by atoms with van der Waals surface area (Å²) in [6, 6.07) is -0.256. The van der Waals surface area contributed by atoms with Gasteiger partial charge < -0.3 is 15.1 Å². The second kappa shape index (κ2) is 4.40. The largest absolute Gasteiger partial charge is 0.477 e. The van der Waals surface area contributed by atoms with Crippen LogP contribution in [0.25, 0.3) is 10.4 Å². The maximum atomic E-state index is 12.2. The Morgan fingerprint density at radius 3 is 2.95 bits per heavy atom. The summed E-state index contributed by atoms with van der Waals surface area (Å²) in [6.07, 6.45) is 4.89. The number of hydrogen-bond acceptors (Lipinski definition) is 5. The molecule has 114 valence electrons. The molecule has 4 heterocycles. The zero-order valence-corrected chi connectivity index (χ0v) is 12.4. The van der Waals surface area contributed by atoms with Gasteiger partial charge in [0.25, 0.3) is 0 Å². The zero-order chi connectivity index (χ0) is 15.6. The first-order chi connectivity index (χ1) is 10.5. The van der Waals surface area contributed by atoms with Crippen molar-refractivity contribution in [2.75, 3.05) is 0 Å². The average Bonchev–Trinajstić information content (AvgIpc) is 3.06. The number of carboxylic acid groups (broad SMARTS) is 1. The van der Waals surface area contributed by atoms with Gasteiger partial charge in [-0.2, -0.15) is 0 Å². The van der Waals surface area contributed by atoms with Crippen LogP contribution in [-0.2, 0) is 9.59 Å². The topological polar surface area (TPSA) is 95.1 Å². The average molecular weight is 319 g/mol. The van der Waals surface area contributed by atoms with E-state index in [1.807, 2.05) is 10.6 Å². The Kier molecular flexibility index (Phi) is 2.70. The highest BCUT2D eigenvalue weighted by molar-refractivity contribution is 7.18. The minimum Gasteiger partial charge on any atom is -0.477 e. The van der Waals surface area contributed by atoms with E-state index in [1.165, 1.54) is 16.2 Å². The molecule has 0 bridgehead atoms. The number of aliphatic hydroxyl groups excluding tert-OH is 1. The van der Waals surface area contributed by atoms with E-state index in [-0.39, 0.29) is 17.6 Å². The number of β-lactam (4-membered cyclic amide) rings is 1. The normalized spacial score (nSPS) is 25.5. The van der Waals surface area contributed by atoms with Gasteiger partial charge in [-0.05, 0) is 13.3 Å². The van der Waals surface area contributed by atoms with Crippen LogP contribution in [0.1, 0.15) is 18.2 Å². The van der Waals surface area contributed by atoms with Crippen molar-refractivity contribution in [3.05, 3.63) is 29.3 Å². The van der Waals surface area contributed by atoms with Crippen molar-refractivity contribution in [3.8, 4) is 0 Å². The van der Waals surface area contributed by atoms with Gasteiger partial charge in [0, 0.05) is 11.8 Å². The number of imidazole rings is 1. The Labute approximate surface area is 129 Å². The lowest BCUT2D eigenvalue weighted by Gasteiger charge is -2.44. The number of aromatic nitrogens is 2. The van der Waals surface area contributed by atoms with E-state index in [4.69, 9.17) is 0 Å². The first-order valence-electron chi connectivity index (χ1n) is 6.88. The van der Waals surface area contributed by atoms with Gasteiger partial charge in [0.2, 0.25) is 5.91 Å². The monoisotopic (exact) mass is 319 g/mol. The number of aliphatic carboxylic acids is 1. The molecule has 2 N–H and O–H groups in total. The fourth-order valence-electron chi connectivity index (χ4n) is 3.36. The lowest BCUT2D eigenvalue weighted by atomic mass is 9.83. The Hall–Kier alpha value is -2.19. The molecule has 2 aromatic rings. The molecular weight excluding hydrogens is 306 g/mol. The van der Waals surface area contributed by atoms with Crippen molar-refractivity contribution >= 4 is 33.6 Å². The van der Waals surface area contributed by atoms with Gasteiger partial charge in [-0.1, -0.05) is 0 Å². The Morgan fingerprint density at radius 1 is 1.55 bits per heavy atom. The summed E-state index contributed by atoms with van der Waals surface area (Å²) in [6.45, 7) is 1.57. The van der Waals surface area contributed by atoms with Crippen LogP contribution >= 0.6 is 11.3 Å². The number of carboxylic acids is 1. The summed E-state index contributed by atoms with van der Waals surface area (Å²) in [4.78, 5) is 30.9. The minimum atomic E-state index is -1.11. The molecule has 2 aliphatic rings. The van der Waals surface area contributed by atoms with Gasteiger partial charge in [0.1, 0.15) is 10.5 Å². The first-order valence-corrected chi connectivity index (χ1v) is 7.70. The third-order valence-electron chi connectivity index (χ3n) is 4.33. The fraction of sp³-hybridized carbons (Fsp3) is 0.357. The van der Waals surface area contributed by atoms with Gasteiger partial charge in [-0.3, -0.25) is 9.20 Å². The van der Waals surface area contributed by atoms with Gasteiger partial charge in [-0.25, -0.2) is 9.78 Å². The quantitative estimate of drug-likeness (QED) is 0.816. The second-order valence-electron chi connectivity index (χ2n) is 5.61. The van der Waals surface area contributed by atoms with Gasteiger partial charge >= 0.3 is 5.97 Å². The van der Waals surface area contributed by atoms with E-state index < -0.39 is 18.0 Å². The number of aliphatic hydroxyl groups is 1. The number of amides is 1. The van der Waals surface area contributed by atoms with Gasteiger partial charge in [-0.15, -0.1) is 11.3 Å². The molecule has 2 aliphatic heterocycles. The molecular formula is C14H13N3O4S. The van der Waals surface area contributed by atoms with Crippen molar-refractivity contribution in [3.63, 3.8) is 0 Å². The smallest absolute Gasteiger partial charge is 0.352 e. The molecule has 4 rings (SSSR count). The van der Waals surface area contributed by atoms with Crippen LogP contribution < -0.4 is 0 Å². The summed E-state index contributed by atoms with van der Waals surface area (Å²) >= 11 is 1.44. The van der Waals surface area contributed by atoms with Crippen LogP contribution in [0.5, 0.6) is 0 Å². The molecule has 3 atom stereocenters. The van der Waals surface area contributed by atoms with Crippen LogP contribution in [-0.4, -0.2) is 48.5 Å². The second-order valence-corrected chi connectivity index (χ2v) is 6.68. The number of hydrogen-bond donors (Lipinski definition) is 2. The highest BCUT2D eigenvalue weighted by Gasteiger charge is 2.56. The van der Waals surface area contributed by atoms with Gasteiger partial charge in [0.15, 0.2) is 0 Å². The van der Waals surface area contributed by atoms with Crippen LogP contribution in [0.2, 0.25) is 0 Å². The predicted molar refractivity (Wildman–Crippen MR) is 78.0 cm³/mol. The van der Waals surface area contributed by atoms with E-state index >= 15 is 0 Å². The molecule has 0 radical (unpaired) electrons. The summed E-state index contributed by atoms with van der Waals surface area (Å²) < 4.78 is 1.83. The Balaban J connectivity index is 1.79. The molecule has 2 aromatic heterocycles. The number of carbonyl (C=O) groups is 2. The number of nitrogens with zero attached hydrogens (tertiary/aromatic N) is 3. The summed E-state index contributed by atoms with van der Waals surface area (Å²) in [5, 5.41) is 19.2. The Bertz CT molecular complexity index is 806. The van der Waals surface area contributed by atoms with Crippen molar-refractivity contribution in [1.82, 2.24) is 14.3 Å². The van der Waals surface area contributed by atoms with Gasteiger partial charge in [0.05, 0.1) is 35.5 Å². The van der Waals surface area contributed by atoms with Crippen molar-refractivity contribution in [2.45, 2.75) is 25.5 Å². The van der Waals surface area contributed by atoms with E-state index in [2.05, 4.69) is 4.98 Å². The lowest BCUT2D eigenvalue weighted by Crippen LogP contribution is -2.61. The molecule has 7 nitrogen and oxygen atoms in total. The van der Waals surface area contributed by atoms with E-state index in [0.29, 0.717) is 12.0 Å². The summed E-state index contributed by atoms with van der Waals surface area (Å²) in [7, 11) is 0. The van der Waals surface area contributed by atoms with E-state index in [0.717, 1.165) is 9.71 Å². The zero-order valence-electron chi connectivity index (χ0n) is 11.6. The predicted octanol–water partition coefficient (Wildman–Crippen LogP) is 0.803. The third-order valence-corrected chi connectivity index (χ3v) is 5.43. The SMILES string of the molecule is C[C@@H](O)[C@H]1C(=O)N2C(C(=O)O)=C(c3cn4cncc4s3)C[C@H]12. The molecule has 1 saturated heterocycles. The number of thiazole rings is 1. The molecule has 1 amide bonds. The molecule has 22 heavy (non-hydrogen) atoms. The van der Waals surface area contributed by atoms with Crippen LogP contribution in [0.3, 0.4) is 0 Å². The first kappa shape index (κ1) is 13.5.